The summed E-state index contributed by atoms with van der Waals surface area (Å²) in [5.41, 5.74) is 5.54. The van der Waals surface area contributed by atoms with E-state index in [0.717, 1.165) is 79.1 Å². The number of aromatic nitrogens is 2. The highest BCUT2D eigenvalue weighted by atomic mass is 35.5. The quantitative estimate of drug-likeness (QED) is 0.445. The first-order valence-electron chi connectivity index (χ1n) is 11.5. The van der Waals surface area contributed by atoms with E-state index < -0.39 is 0 Å². The molecule has 1 aromatic heterocycles. The van der Waals surface area contributed by atoms with Crippen LogP contribution in [0.15, 0.2) is 48.5 Å². The molecule has 7 heteroatoms. The summed E-state index contributed by atoms with van der Waals surface area (Å²) in [6.45, 7) is 4.75. The van der Waals surface area contributed by atoms with Crippen molar-refractivity contribution in [3.05, 3.63) is 75.4 Å². The number of amides is 1. The standard InChI is InChI=1S/C26H26Cl2N4O/c1-17(21-15-20(27)10-11-22(21)28)32-14-4-5-23-25(32)16-24(30-29-23)18-6-8-19(9-7-18)26(33)31-12-2-3-13-31/h6-11,15-17H,2-5,12-14H2,1H3/t17-/m1/s1. The summed E-state index contributed by atoms with van der Waals surface area (Å²) in [6, 6.07) is 15.5. The summed E-state index contributed by atoms with van der Waals surface area (Å²) in [7, 11) is 0. The highest BCUT2D eigenvalue weighted by molar-refractivity contribution is 6.33. The van der Waals surface area contributed by atoms with E-state index in [2.05, 4.69) is 28.1 Å². The third kappa shape index (κ3) is 4.44. The van der Waals surface area contributed by atoms with Gasteiger partial charge in [0.1, 0.15) is 0 Å². The van der Waals surface area contributed by atoms with Gasteiger partial charge in [-0.1, -0.05) is 35.3 Å². The molecule has 5 rings (SSSR count). The Morgan fingerprint density at radius 2 is 1.70 bits per heavy atom. The second kappa shape index (κ2) is 9.32. The molecule has 2 aliphatic rings. The number of anilines is 1. The van der Waals surface area contributed by atoms with Crippen LogP contribution in [-0.2, 0) is 6.42 Å². The average molecular weight is 481 g/mol. The monoisotopic (exact) mass is 480 g/mol. The fourth-order valence-electron chi connectivity index (χ4n) is 4.80. The minimum absolute atomic E-state index is 0.0489. The van der Waals surface area contributed by atoms with E-state index in [4.69, 9.17) is 23.2 Å². The Labute approximate surface area is 204 Å². The summed E-state index contributed by atoms with van der Waals surface area (Å²) in [5, 5.41) is 10.4. The first-order chi connectivity index (χ1) is 16.0. The van der Waals surface area contributed by atoms with Gasteiger partial charge in [-0.25, -0.2) is 0 Å². The first-order valence-corrected chi connectivity index (χ1v) is 12.2. The number of halogens is 2. The molecule has 0 radical (unpaired) electrons. The molecule has 1 atom stereocenters. The van der Waals surface area contributed by atoms with Crippen molar-refractivity contribution in [1.82, 2.24) is 15.1 Å². The van der Waals surface area contributed by atoms with Crippen LogP contribution in [0.1, 0.15) is 53.8 Å². The van der Waals surface area contributed by atoms with Gasteiger partial charge in [0.15, 0.2) is 0 Å². The topological polar surface area (TPSA) is 49.3 Å². The van der Waals surface area contributed by atoms with Crippen LogP contribution >= 0.6 is 23.2 Å². The zero-order valence-electron chi connectivity index (χ0n) is 18.6. The normalized spacial score (nSPS) is 16.6. The van der Waals surface area contributed by atoms with Gasteiger partial charge in [0.25, 0.3) is 5.91 Å². The molecule has 5 nitrogen and oxygen atoms in total. The van der Waals surface area contributed by atoms with Crippen molar-refractivity contribution in [3.8, 4) is 11.3 Å². The van der Waals surface area contributed by atoms with Crippen molar-refractivity contribution in [1.29, 1.82) is 0 Å². The molecule has 3 aromatic rings. The van der Waals surface area contributed by atoms with E-state index >= 15 is 0 Å². The van der Waals surface area contributed by atoms with E-state index in [1.807, 2.05) is 47.4 Å². The lowest BCUT2D eigenvalue weighted by atomic mass is 10.00. The number of benzene rings is 2. The summed E-state index contributed by atoms with van der Waals surface area (Å²) in [4.78, 5) is 16.9. The lowest BCUT2D eigenvalue weighted by molar-refractivity contribution is 0.0793. The van der Waals surface area contributed by atoms with E-state index in [1.165, 1.54) is 0 Å². The van der Waals surface area contributed by atoms with Crippen molar-refractivity contribution in [2.24, 2.45) is 0 Å². The smallest absolute Gasteiger partial charge is 0.253 e. The highest BCUT2D eigenvalue weighted by Gasteiger charge is 2.26. The van der Waals surface area contributed by atoms with Crippen molar-refractivity contribution in [3.63, 3.8) is 0 Å². The number of hydrogen-bond donors (Lipinski definition) is 0. The zero-order chi connectivity index (χ0) is 22.9. The lowest BCUT2D eigenvalue weighted by Crippen LogP contribution is -2.33. The first kappa shape index (κ1) is 22.2. The molecular weight excluding hydrogens is 455 g/mol. The van der Waals surface area contributed by atoms with Gasteiger partial charge in [-0.15, -0.1) is 0 Å². The van der Waals surface area contributed by atoms with Crippen molar-refractivity contribution < 1.29 is 4.79 Å². The van der Waals surface area contributed by atoms with Crippen LogP contribution in [0.4, 0.5) is 5.69 Å². The number of carbonyl (C=O) groups excluding carboxylic acids is 1. The maximum atomic E-state index is 12.7. The number of nitrogens with zero attached hydrogens (tertiary/aromatic N) is 4. The molecule has 0 N–H and O–H groups in total. The molecule has 1 amide bonds. The van der Waals surface area contributed by atoms with Gasteiger partial charge in [0, 0.05) is 40.8 Å². The molecule has 2 aromatic carbocycles. The van der Waals surface area contributed by atoms with Gasteiger partial charge < -0.3 is 9.80 Å². The summed E-state index contributed by atoms with van der Waals surface area (Å²) in [6.07, 6.45) is 4.09. The lowest BCUT2D eigenvalue weighted by Gasteiger charge is -2.36. The maximum Gasteiger partial charge on any atom is 0.253 e. The van der Waals surface area contributed by atoms with Crippen LogP contribution < -0.4 is 4.90 Å². The third-order valence-electron chi connectivity index (χ3n) is 6.67. The molecule has 0 spiro atoms. The van der Waals surface area contributed by atoms with Crippen LogP contribution in [0.25, 0.3) is 11.3 Å². The molecule has 0 saturated carbocycles. The molecule has 3 heterocycles. The van der Waals surface area contributed by atoms with E-state index in [9.17, 15) is 4.79 Å². The minimum atomic E-state index is 0.0489. The van der Waals surface area contributed by atoms with Crippen molar-refractivity contribution in [2.75, 3.05) is 24.5 Å². The van der Waals surface area contributed by atoms with Gasteiger partial charge in [-0.2, -0.15) is 10.2 Å². The minimum Gasteiger partial charge on any atom is -0.363 e. The number of likely N-dealkylation sites (tertiary alicyclic amines) is 1. The number of fused-ring (bicyclic) bond motifs is 1. The predicted molar refractivity (Wildman–Crippen MR) is 133 cm³/mol. The molecular formula is C26H26Cl2N4O. The van der Waals surface area contributed by atoms with E-state index in [1.54, 1.807) is 0 Å². The van der Waals surface area contributed by atoms with Gasteiger partial charge >= 0.3 is 0 Å². The summed E-state index contributed by atoms with van der Waals surface area (Å²) >= 11 is 12.8. The average Bonchev–Trinajstić information content (AvgIpc) is 3.39. The SMILES string of the molecule is C[C@H](c1cc(Cl)ccc1Cl)N1CCCc2nnc(-c3ccc(C(=O)N4CCCC4)cc3)cc21. The maximum absolute atomic E-state index is 12.7. The zero-order valence-corrected chi connectivity index (χ0v) is 20.1. The second-order valence-electron chi connectivity index (χ2n) is 8.78. The van der Waals surface area contributed by atoms with Crippen molar-refractivity contribution in [2.45, 2.75) is 38.6 Å². The van der Waals surface area contributed by atoms with Crippen LogP contribution in [0.5, 0.6) is 0 Å². The summed E-state index contributed by atoms with van der Waals surface area (Å²) in [5.74, 6) is 0.106. The Balaban J connectivity index is 1.43. The molecule has 1 fully saturated rings. The Kier molecular flexibility index (Phi) is 6.26. The molecule has 0 aliphatic carbocycles. The van der Waals surface area contributed by atoms with Gasteiger partial charge in [-0.05, 0) is 74.6 Å². The van der Waals surface area contributed by atoms with Crippen LogP contribution in [0.2, 0.25) is 10.0 Å². The fourth-order valence-corrected chi connectivity index (χ4v) is 5.26. The van der Waals surface area contributed by atoms with Crippen LogP contribution in [0, 0.1) is 0 Å². The van der Waals surface area contributed by atoms with Gasteiger partial charge in [0.2, 0.25) is 0 Å². The molecule has 2 aliphatic heterocycles. The molecule has 0 unspecified atom stereocenters. The Morgan fingerprint density at radius 3 is 2.45 bits per heavy atom. The largest absolute Gasteiger partial charge is 0.363 e. The molecule has 33 heavy (non-hydrogen) atoms. The number of carbonyl (C=O) groups is 1. The van der Waals surface area contributed by atoms with Crippen LogP contribution in [-0.4, -0.2) is 40.6 Å². The predicted octanol–water partition coefficient (Wildman–Crippen LogP) is 6.20. The van der Waals surface area contributed by atoms with E-state index in [-0.39, 0.29) is 11.9 Å². The summed E-state index contributed by atoms with van der Waals surface area (Å²) < 4.78 is 0. The second-order valence-corrected chi connectivity index (χ2v) is 9.62. The highest BCUT2D eigenvalue weighted by Crippen LogP contribution is 2.37. The Hall–Kier alpha value is -2.63. The van der Waals surface area contributed by atoms with Crippen LogP contribution in [0.3, 0.4) is 0 Å². The number of hydrogen-bond acceptors (Lipinski definition) is 4. The molecule has 0 bridgehead atoms. The third-order valence-corrected chi connectivity index (χ3v) is 7.25. The Bertz CT molecular complexity index is 1180. The Morgan fingerprint density at radius 1 is 0.939 bits per heavy atom. The number of rotatable bonds is 4. The molecule has 1 saturated heterocycles. The van der Waals surface area contributed by atoms with E-state index in [0.29, 0.717) is 10.0 Å². The fraction of sp³-hybridized carbons (Fsp3) is 0.346. The number of aryl methyl sites for hydroxylation is 1. The molecule has 170 valence electrons. The van der Waals surface area contributed by atoms with Gasteiger partial charge in [0.05, 0.1) is 23.1 Å². The van der Waals surface area contributed by atoms with Gasteiger partial charge in [-0.3, -0.25) is 4.79 Å². The van der Waals surface area contributed by atoms with Crippen molar-refractivity contribution >= 4 is 34.8 Å².